The number of hydrogen-bond acceptors (Lipinski definition) is 4. The predicted molar refractivity (Wildman–Crippen MR) is 111 cm³/mol. The van der Waals surface area contributed by atoms with Crippen LogP contribution in [0.25, 0.3) is 10.8 Å². The van der Waals surface area contributed by atoms with Crippen LogP contribution in [0.1, 0.15) is 37.7 Å². The number of pyridine rings is 1. The van der Waals surface area contributed by atoms with Crippen LogP contribution in [-0.2, 0) is 16.1 Å². The van der Waals surface area contributed by atoms with Crippen LogP contribution < -0.4 is 23.6 Å². The molecule has 152 valence electrons. The van der Waals surface area contributed by atoms with E-state index in [1.807, 2.05) is 24.3 Å². The van der Waals surface area contributed by atoms with Crippen molar-refractivity contribution in [3.05, 3.63) is 72.4 Å². The van der Waals surface area contributed by atoms with E-state index in [0.29, 0.717) is 0 Å². The second-order valence-corrected chi connectivity index (χ2v) is 8.61. The van der Waals surface area contributed by atoms with E-state index in [2.05, 4.69) is 4.98 Å². The van der Waals surface area contributed by atoms with Crippen molar-refractivity contribution < 1.29 is 36.7 Å². The Kier molecular flexibility index (Phi) is 7.70. The molecule has 0 amide bonds. The Bertz CT molecular complexity index is 1000. The molecule has 4 nitrogen and oxygen atoms in total. The molecule has 1 unspecified atom stereocenters. The van der Waals surface area contributed by atoms with Crippen molar-refractivity contribution in [2.75, 3.05) is 0 Å². The average molecular weight is 419 g/mol. The summed E-state index contributed by atoms with van der Waals surface area (Å²) in [6, 6.07) is 17.5. The van der Waals surface area contributed by atoms with Gasteiger partial charge in [0.05, 0.1) is 0 Å². The molecule has 4 rings (SSSR count). The number of hydrogen-bond donors (Lipinski definition) is 0. The van der Waals surface area contributed by atoms with Gasteiger partial charge in [-0.25, -0.2) is 9.37 Å². The summed E-state index contributed by atoms with van der Waals surface area (Å²) >= 11 is -3.04. The van der Waals surface area contributed by atoms with Crippen molar-refractivity contribution in [2.24, 2.45) is 5.92 Å². The van der Waals surface area contributed by atoms with Crippen LogP contribution >= 0.6 is 0 Å². The summed E-state index contributed by atoms with van der Waals surface area (Å²) in [5.41, 5.74) is 0.0936. The van der Waals surface area contributed by atoms with E-state index in [-0.39, 0.29) is 36.2 Å². The minimum absolute atomic E-state index is 0. The maximum Gasteiger partial charge on any atom is 1.00 e. The van der Waals surface area contributed by atoms with E-state index < -0.39 is 22.2 Å². The number of rotatable bonds is 6. The Labute approximate surface area is 190 Å². The third-order valence-electron chi connectivity index (χ3n) is 5.72. The third-order valence-corrected chi connectivity index (χ3v) is 6.67. The molecule has 2 aromatic carbocycles. The monoisotopic (exact) mass is 419 g/mol. The molecule has 0 spiro atoms. The molecule has 1 aliphatic carbocycles. The fourth-order valence-electron chi connectivity index (χ4n) is 4.22. The standard InChI is InChI=1S/C23H24FNO3S.Li/c24-23(29(26)27,20-14-13-17-8-4-5-11-19(17)16-20)22(18-9-2-1-3-10-18)28-21-12-6-7-15-25-21;/h4-8,11-16,18,22H,1-3,9-10H2,(H,26,27);/q;+1/p-1/t22-,23-;/m0./s1. The van der Waals surface area contributed by atoms with Crippen molar-refractivity contribution in [1.29, 1.82) is 0 Å². The van der Waals surface area contributed by atoms with Crippen molar-refractivity contribution >= 4 is 21.9 Å². The minimum Gasteiger partial charge on any atom is -0.770 e. The largest absolute Gasteiger partial charge is 1.00 e. The van der Waals surface area contributed by atoms with Crippen molar-refractivity contribution in [3.63, 3.8) is 0 Å². The summed E-state index contributed by atoms with van der Waals surface area (Å²) in [6.07, 6.45) is 4.79. The Balaban J connectivity index is 0.00000256. The van der Waals surface area contributed by atoms with Gasteiger partial charge in [0, 0.05) is 23.7 Å². The first-order chi connectivity index (χ1) is 14.1. The normalized spacial score (nSPS) is 18.7. The first kappa shape index (κ1) is 23.0. The Hall–Kier alpha value is -1.71. The number of alkyl halides is 1. The van der Waals surface area contributed by atoms with Gasteiger partial charge in [-0.1, -0.05) is 61.7 Å². The number of fused-ring (bicyclic) bond motifs is 1. The summed E-state index contributed by atoms with van der Waals surface area (Å²) in [4.78, 5) is 4.14. The molecule has 0 radical (unpaired) electrons. The van der Waals surface area contributed by atoms with Crippen molar-refractivity contribution in [2.45, 2.75) is 43.2 Å². The molecule has 30 heavy (non-hydrogen) atoms. The smallest absolute Gasteiger partial charge is 0.770 e. The molecule has 1 saturated carbocycles. The number of benzene rings is 2. The van der Waals surface area contributed by atoms with Gasteiger partial charge in [0.1, 0.15) is 0 Å². The van der Waals surface area contributed by atoms with Crippen LogP contribution in [0.5, 0.6) is 5.88 Å². The zero-order chi connectivity index (χ0) is 20.3. The number of ether oxygens (including phenoxy) is 1. The molecular formula is C23H23FLiNO3S. The van der Waals surface area contributed by atoms with Crippen LogP contribution in [0.15, 0.2) is 66.9 Å². The molecule has 1 heterocycles. The Morgan fingerprint density at radius 2 is 1.73 bits per heavy atom. The molecule has 0 aliphatic heterocycles. The summed E-state index contributed by atoms with van der Waals surface area (Å²) in [5, 5.41) is -0.961. The number of aromatic nitrogens is 1. The van der Waals surface area contributed by atoms with Gasteiger partial charge < -0.3 is 9.29 Å². The van der Waals surface area contributed by atoms with Gasteiger partial charge in [-0.15, -0.1) is 0 Å². The fourth-order valence-corrected chi connectivity index (χ4v) is 4.97. The van der Waals surface area contributed by atoms with Crippen LogP contribution in [0.2, 0.25) is 0 Å². The number of nitrogens with zero attached hydrogens (tertiary/aromatic N) is 1. The quantitative estimate of drug-likeness (QED) is 0.454. The molecule has 1 fully saturated rings. The van der Waals surface area contributed by atoms with E-state index in [0.717, 1.165) is 42.9 Å². The molecule has 0 bridgehead atoms. The van der Waals surface area contributed by atoms with Crippen LogP contribution in [0.4, 0.5) is 4.39 Å². The topological polar surface area (TPSA) is 62.2 Å². The third kappa shape index (κ3) is 4.62. The van der Waals surface area contributed by atoms with Crippen molar-refractivity contribution in [1.82, 2.24) is 4.98 Å². The van der Waals surface area contributed by atoms with Crippen LogP contribution in [0, 0.1) is 5.92 Å². The molecule has 1 aromatic heterocycles. The first-order valence-corrected chi connectivity index (χ1v) is 11.0. The molecule has 0 N–H and O–H groups in total. The van der Waals surface area contributed by atoms with Crippen LogP contribution in [-0.4, -0.2) is 19.8 Å². The van der Waals surface area contributed by atoms with Gasteiger partial charge in [-0.2, -0.15) is 0 Å². The Morgan fingerprint density at radius 1 is 1.03 bits per heavy atom. The van der Waals surface area contributed by atoms with Gasteiger partial charge in [0.15, 0.2) is 6.10 Å². The summed E-state index contributed by atoms with van der Waals surface area (Å²) in [7, 11) is 0. The minimum atomic E-state index is -3.04. The predicted octanol–water partition coefficient (Wildman–Crippen LogP) is 2.27. The van der Waals surface area contributed by atoms with Gasteiger partial charge in [0.25, 0.3) is 0 Å². The average Bonchev–Trinajstić information content (AvgIpc) is 2.78. The molecular weight excluding hydrogens is 396 g/mol. The van der Waals surface area contributed by atoms with E-state index >= 15 is 4.39 Å². The SMILES string of the molecule is O=S([O-])[C@@](F)(c1ccc2ccccc2c1)[C@@H](Oc1ccccn1)C1CCCCC1.[Li+]. The Morgan fingerprint density at radius 3 is 2.40 bits per heavy atom. The zero-order valence-corrected chi connectivity index (χ0v) is 17.8. The van der Waals surface area contributed by atoms with E-state index in [1.165, 1.54) is 0 Å². The molecule has 1 aliphatic rings. The van der Waals surface area contributed by atoms with Crippen LogP contribution in [0.3, 0.4) is 0 Å². The maximum atomic E-state index is 16.5. The summed E-state index contributed by atoms with van der Waals surface area (Å²) in [6.45, 7) is 0. The van der Waals surface area contributed by atoms with Crippen molar-refractivity contribution in [3.8, 4) is 5.88 Å². The number of halogens is 1. The fraction of sp³-hybridized carbons (Fsp3) is 0.348. The van der Waals surface area contributed by atoms with Gasteiger partial charge >= 0.3 is 18.9 Å². The van der Waals surface area contributed by atoms with Gasteiger partial charge in [-0.05, 0) is 46.8 Å². The summed E-state index contributed by atoms with van der Waals surface area (Å²) in [5.74, 6) is 0.0245. The second kappa shape index (κ2) is 10.1. The molecule has 3 atom stereocenters. The second-order valence-electron chi connectivity index (χ2n) is 7.55. The summed E-state index contributed by atoms with van der Waals surface area (Å²) < 4.78 is 47.2. The maximum absolute atomic E-state index is 16.5. The first-order valence-electron chi connectivity index (χ1n) is 9.94. The molecule has 0 saturated heterocycles. The molecule has 7 heteroatoms. The zero-order valence-electron chi connectivity index (χ0n) is 17.0. The van der Waals surface area contributed by atoms with E-state index in [4.69, 9.17) is 4.74 Å². The molecule has 3 aromatic rings. The van der Waals surface area contributed by atoms with Gasteiger partial charge in [-0.3, -0.25) is 4.21 Å². The van der Waals surface area contributed by atoms with E-state index in [9.17, 15) is 8.76 Å². The van der Waals surface area contributed by atoms with Gasteiger partial charge in [0.2, 0.25) is 10.9 Å². The van der Waals surface area contributed by atoms with E-state index in [1.54, 1.807) is 42.6 Å².